The Morgan fingerprint density at radius 2 is 1.93 bits per heavy atom. The van der Waals surface area contributed by atoms with Gasteiger partial charge in [0, 0.05) is 0 Å². The Balaban J connectivity index is 1.67. The zero-order valence-corrected chi connectivity index (χ0v) is 8.24. The van der Waals surface area contributed by atoms with Gasteiger partial charge in [-0.25, -0.2) is 0 Å². The van der Waals surface area contributed by atoms with Gasteiger partial charge in [-0.05, 0) is 31.0 Å². The van der Waals surface area contributed by atoms with Crippen LogP contribution in [0, 0.1) is 6.07 Å². The number of hydrogen-bond donors (Lipinski definition) is 0. The fourth-order valence-electron chi connectivity index (χ4n) is 1.72. The molecule has 1 fully saturated rings. The van der Waals surface area contributed by atoms with Crippen LogP contribution in [0.1, 0.15) is 25.7 Å². The van der Waals surface area contributed by atoms with E-state index in [4.69, 9.17) is 9.47 Å². The fraction of sp³-hybridized carbons (Fsp3) is 0.500. The zero-order valence-electron chi connectivity index (χ0n) is 8.24. The van der Waals surface area contributed by atoms with E-state index in [9.17, 15) is 0 Å². The van der Waals surface area contributed by atoms with Crippen molar-refractivity contribution >= 4 is 0 Å². The second-order valence-corrected chi connectivity index (χ2v) is 3.57. The molecule has 0 unspecified atom stereocenters. The lowest BCUT2D eigenvalue weighted by Crippen LogP contribution is -2.12. The predicted molar refractivity (Wildman–Crippen MR) is 54.1 cm³/mol. The van der Waals surface area contributed by atoms with Crippen LogP contribution in [0.3, 0.4) is 0 Å². The summed E-state index contributed by atoms with van der Waals surface area (Å²) >= 11 is 0. The molecule has 0 aromatic heterocycles. The van der Waals surface area contributed by atoms with E-state index in [2.05, 4.69) is 6.07 Å². The van der Waals surface area contributed by atoms with Crippen LogP contribution in [0.4, 0.5) is 0 Å². The maximum atomic E-state index is 5.57. The summed E-state index contributed by atoms with van der Waals surface area (Å²) < 4.78 is 11.0. The van der Waals surface area contributed by atoms with Crippen molar-refractivity contribution in [1.29, 1.82) is 0 Å². The molecule has 0 saturated heterocycles. The molecule has 1 radical (unpaired) electrons. The Bertz CT molecular complexity index is 252. The summed E-state index contributed by atoms with van der Waals surface area (Å²) in [6, 6.07) is 10.4. The highest BCUT2D eigenvalue weighted by molar-refractivity contribution is 5.19. The first-order valence-electron chi connectivity index (χ1n) is 5.16. The zero-order chi connectivity index (χ0) is 9.64. The first kappa shape index (κ1) is 9.53. The van der Waals surface area contributed by atoms with Crippen molar-refractivity contribution in [3.63, 3.8) is 0 Å². The highest BCUT2D eigenvalue weighted by atomic mass is 16.7. The van der Waals surface area contributed by atoms with Gasteiger partial charge in [-0.3, -0.25) is 0 Å². The van der Waals surface area contributed by atoms with Crippen molar-refractivity contribution in [3.8, 4) is 5.75 Å². The van der Waals surface area contributed by atoms with Gasteiger partial charge in [0.05, 0.1) is 6.10 Å². The molecule has 0 atom stereocenters. The normalized spacial score (nSPS) is 17.1. The van der Waals surface area contributed by atoms with Crippen molar-refractivity contribution in [2.75, 3.05) is 6.79 Å². The topological polar surface area (TPSA) is 18.5 Å². The van der Waals surface area contributed by atoms with Crippen LogP contribution in [-0.2, 0) is 4.74 Å². The summed E-state index contributed by atoms with van der Waals surface area (Å²) in [7, 11) is 0. The standard InChI is InChI=1S/C12H15O2/c1-2-6-11(7-3-1)13-10-14-12-8-4-5-9-12/h2-3,6-7,12H,4-5,8-10H2. The molecule has 0 amide bonds. The summed E-state index contributed by atoms with van der Waals surface area (Å²) in [5, 5.41) is 0. The lowest BCUT2D eigenvalue weighted by atomic mass is 10.3. The average Bonchev–Trinajstić information content (AvgIpc) is 2.72. The molecular weight excluding hydrogens is 176 g/mol. The molecule has 1 saturated carbocycles. The molecule has 0 N–H and O–H groups in total. The molecule has 0 bridgehead atoms. The summed E-state index contributed by atoms with van der Waals surface area (Å²) in [5.41, 5.74) is 0. The lowest BCUT2D eigenvalue weighted by Gasteiger charge is -2.11. The van der Waals surface area contributed by atoms with Crippen molar-refractivity contribution in [3.05, 3.63) is 30.3 Å². The van der Waals surface area contributed by atoms with Gasteiger partial charge in [0.25, 0.3) is 0 Å². The smallest absolute Gasteiger partial charge is 0.189 e. The number of benzene rings is 1. The minimum Gasteiger partial charge on any atom is -0.468 e. The Morgan fingerprint density at radius 1 is 1.21 bits per heavy atom. The van der Waals surface area contributed by atoms with E-state index in [1.165, 1.54) is 25.7 Å². The highest BCUT2D eigenvalue weighted by Crippen LogP contribution is 2.21. The third-order valence-electron chi connectivity index (χ3n) is 2.52. The van der Waals surface area contributed by atoms with Crippen LogP contribution in [0.5, 0.6) is 5.75 Å². The molecule has 0 spiro atoms. The van der Waals surface area contributed by atoms with Gasteiger partial charge in [-0.15, -0.1) is 0 Å². The monoisotopic (exact) mass is 191 g/mol. The van der Waals surface area contributed by atoms with Gasteiger partial charge in [0.15, 0.2) is 6.79 Å². The van der Waals surface area contributed by atoms with Crippen LogP contribution < -0.4 is 4.74 Å². The molecule has 0 heterocycles. The average molecular weight is 191 g/mol. The van der Waals surface area contributed by atoms with Gasteiger partial charge < -0.3 is 9.47 Å². The maximum absolute atomic E-state index is 5.57. The largest absolute Gasteiger partial charge is 0.468 e. The maximum Gasteiger partial charge on any atom is 0.189 e. The molecule has 75 valence electrons. The molecule has 14 heavy (non-hydrogen) atoms. The first-order valence-corrected chi connectivity index (χ1v) is 5.16. The molecule has 1 aliphatic carbocycles. The van der Waals surface area contributed by atoms with Crippen LogP contribution in [0.15, 0.2) is 24.3 Å². The lowest BCUT2D eigenvalue weighted by molar-refractivity contribution is -0.0324. The molecule has 0 aliphatic heterocycles. The summed E-state index contributed by atoms with van der Waals surface area (Å²) in [4.78, 5) is 0. The van der Waals surface area contributed by atoms with E-state index in [0.29, 0.717) is 12.9 Å². The molecular formula is C12H15O2. The van der Waals surface area contributed by atoms with E-state index >= 15 is 0 Å². The van der Waals surface area contributed by atoms with E-state index < -0.39 is 0 Å². The minimum atomic E-state index is 0.370. The highest BCUT2D eigenvalue weighted by Gasteiger charge is 2.14. The van der Waals surface area contributed by atoms with Crippen molar-refractivity contribution in [2.45, 2.75) is 31.8 Å². The van der Waals surface area contributed by atoms with Crippen LogP contribution in [0.2, 0.25) is 0 Å². The predicted octanol–water partition coefficient (Wildman–Crippen LogP) is 2.78. The SMILES string of the molecule is [c]1ccc(OCOC2CCCC2)cc1. The molecule has 2 nitrogen and oxygen atoms in total. The minimum absolute atomic E-state index is 0.370. The number of rotatable bonds is 4. The summed E-state index contributed by atoms with van der Waals surface area (Å²) in [5.74, 6) is 0.849. The summed E-state index contributed by atoms with van der Waals surface area (Å²) in [6.45, 7) is 0.370. The summed E-state index contributed by atoms with van der Waals surface area (Å²) in [6.07, 6.45) is 5.39. The Labute approximate surface area is 84.8 Å². The number of hydrogen-bond acceptors (Lipinski definition) is 2. The van der Waals surface area contributed by atoms with Gasteiger partial charge in [-0.1, -0.05) is 25.0 Å². The van der Waals surface area contributed by atoms with Crippen molar-refractivity contribution in [2.24, 2.45) is 0 Å². The fourth-order valence-corrected chi connectivity index (χ4v) is 1.72. The molecule has 2 heteroatoms. The molecule has 1 aliphatic rings. The first-order chi connectivity index (χ1) is 6.95. The van der Waals surface area contributed by atoms with Gasteiger partial charge >= 0.3 is 0 Å². The quantitative estimate of drug-likeness (QED) is 0.681. The van der Waals surface area contributed by atoms with E-state index in [1.807, 2.05) is 24.3 Å². The van der Waals surface area contributed by atoms with Crippen molar-refractivity contribution < 1.29 is 9.47 Å². The second-order valence-electron chi connectivity index (χ2n) is 3.57. The van der Waals surface area contributed by atoms with Crippen LogP contribution in [-0.4, -0.2) is 12.9 Å². The second kappa shape index (κ2) is 5.01. The third-order valence-corrected chi connectivity index (χ3v) is 2.52. The van der Waals surface area contributed by atoms with Gasteiger partial charge in [0.2, 0.25) is 0 Å². The molecule has 1 aromatic rings. The van der Waals surface area contributed by atoms with Gasteiger partial charge in [-0.2, -0.15) is 0 Å². The molecule has 2 rings (SSSR count). The third kappa shape index (κ3) is 2.74. The molecule has 1 aromatic carbocycles. The van der Waals surface area contributed by atoms with Gasteiger partial charge in [0.1, 0.15) is 5.75 Å². The Hall–Kier alpha value is -1.02. The van der Waals surface area contributed by atoms with Crippen molar-refractivity contribution in [1.82, 2.24) is 0 Å². The number of ether oxygens (including phenoxy) is 2. The van der Waals surface area contributed by atoms with E-state index in [0.717, 1.165) is 5.75 Å². The van der Waals surface area contributed by atoms with Crippen LogP contribution in [0.25, 0.3) is 0 Å². The Kier molecular flexibility index (Phi) is 3.41. The van der Waals surface area contributed by atoms with Crippen LogP contribution >= 0.6 is 0 Å². The van der Waals surface area contributed by atoms with E-state index in [1.54, 1.807) is 0 Å². The van der Waals surface area contributed by atoms with E-state index in [-0.39, 0.29) is 0 Å². The Morgan fingerprint density at radius 3 is 2.64 bits per heavy atom.